The summed E-state index contributed by atoms with van der Waals surface area (Å²) in [5, 5.41) is 3.15. The average molecular weight is 144 g/mol. The van der Waals surface area contributed by atoms with Crippen LogP contribution in [0.2, 0.25) is 0 Å². The Bertz CT molecular complexity index is 79.7. The van der Waals surface area contributed by atoms with E-state index >= 15 is 0 Å². The van der Waals surface area contributed by atoms with Gasteiger partial charge in [-0.3, -0.25) is 4.79 Å². The van der Waals surface area contributed by atoms with Crippen molar-refractivity contribution < 1.29 is 4.79 Å². The Morgan fingerprint density at radius 3 is 2.10 bits per heavy atom. The summed E-state index contributed by atoms with van der Waals surface area (Å²) in [6.07, 6.45) is 0.904. The van der Waals surface area contributed by atoms with Crippen LogP contribution in [0.3, 0.4) is 0 Å². The van der Waals surface area contributed by atoms with Crippen molar-refractivity contribution >= 4 is 6.41 Å². The summed E-state index contributed by atoms with van der Waals surface area (Å²) < 4.78 is 0. The van der Waals surface area contributed by atoms with Gasteiger partial charge in [0.1, 0.15) is 0 Å². The number of carbonyl (C=O) groups is 1. The minimum absolute atomic E-state index is 0.865. The molecule has 1 aliphatic rings. The fraction of sp³-hybridized carbons (Fsp3) is 0.857. The van der Waals surface area contributed by atoms with Gasteiger partial charge in [0.15, 0.2) is 0 Å². The minimum Gasteiger partial charge on any atom is -0.343 e. The van der Waals surface area contributed by atoms with Crippen molar-refractivity contribution in [3.8, 4) is 0 Å². The minimum atomic E-state index is 0.865. The lowest BCUT2D eigenvalue weighted by atomic mass is 10.4. The molecule has 1 amide bonds. The van der Waals surface area contributed by atoms with Gasteiger partial charge in [-0.05, 0) is 0 Å². The van der Waals surface area contributed by atoms with E-state index < -0.39 is 0 Å². The van der Waals surface area contributed by atoms with Gasteiger partial charge in [0.05, 0.1) is 0 Å². The molecule has 3 heteroatoms. The van der Waals surface area contributed by atoms with E-state index in [9.17, 15) is 4.79 Å². The smallest absolute Gasteiger partial charge is 0.209 e. The van der Waals surface area contributed by atoms with Crippen LogP contribution in [0.1, 0.15) is 13.8 Å². The SMILES string of the molecule is CC.O=CN1CCNCC1. The van der Waals surface area contributed by atoms with Crippen molar-refractivity contribution in [3.63, 3.8) is 0 Å². The molecule has 3 nitrogen and oxygen atoms in total. The molecule has 0 atom stereocenters. The average Bonchev–Trinajstić information content (AvgIpc) is 2.10. The zero-order valence-corrected chi connectivity index (χ0v) is 6.76. The van der Waals surface area contributed by atoms with Crippen molar-refractivity contribution in [2.24, 2.45) is 0 Å². The first kappa shape index (κ1) is 9.43. The standard InChI is InChI=1S/C5H10N2O.C2H6/c8-5-7-3-1-6-2-4-7;1-2/h5-6H,1-4H2;1-2H3. The molecular weight excluding hydrogens is 128 g/mol. The second-order valence-electron chi connectivity index (χ2n) is 1.89. The highest BCUT2D eigenvalue weighted by Gasteiger charge is 2.04. The van der Waals surface area contributed by atoms with Gasteiger partial charge in [0, 0.05) is 26.2 Å². The van der Waals surface area contributed by atoms with Gasteiger partial charge in [-0.1, -0.05) is 13.8 Å². The van der Waals surface area contributed by atoms with Crippen LogP contribution in [0.25, 0.3) is 0 Å². The summed E-state index contributed by atoms with van der Waals surface area (Å²) in [5.74, 6) is 0. The Morgan fingerprint density at radius 1 is 1.30 bits per heavy atom. The summed E-state index contributed by atoms with van der Waals surface area (Å²) >= 11 is 0. The zero-order valence-electron chi connectivity index (χ0n) is 6.76. The lowest BCUT2D eigenvalue weighted by Crippen LogP contribution is -2.42. The number of piperazine rings is 1. The van der Waals surface area contributed by atoms with Gasteiger partial charge in [-0.25, -0.2) is 0 Å². The van der Waals surface area contributed by atoms with E-state index in [0.29, 0.717) is 0 Å². The number of nitrogens with one attached hydrogen (secondary N) is 1. The number of rotatable bonds is 1. The van der Waals surface area contributed by atoms with Crippen LogP contribution in [-0.2, 0) is 4.79 Å². The number of nitrogens with zero attached hydrogens (tertiary/aromatic N) is 1. The second kappa shape index (κ2) is 6.55. The molecule has 0 aromatic rings. The molecule has 1 rings (SSSR count). The first-order valence-electron chi connectivity index (χ1n) is 3.83. The number of hydrogen-bond donors (Lipinski definition) is 1. The maximum atomic E-state index is 10.1. The van der Waals surface area contributed by atoms with Gasteiger partial charge in [-0.15, -0.1) is 0 Å². The van der Waals surface area contributed by atoms with Crippen molar-refractivity contribution in [2.45, 2.75) is 13.8 Å². The first-order valence-corrected chi connectivity index (χ1v) is 3.83. The van der Waals surface area contributed by atoms with Crippen LogP contribution in [0.15, 0.2) is 0 Å². The zero-order chi connectivity index (χ0) is 7.82. The number of carbonyl (C=O) groups excluding carboxylic acids is 1. The summed E-state index contributed by atoms with van der Waals surface area (Å²) in [6, 6.07) is 0. The highest BCUT2D eigenvalue weighted by molar-refractivity contribution is 5.47. The third-order valence-corrected chi connectivity index (χ3v) is 1.30. The fourth-order valence-corrected chi connectivity index (χ4v) is 0.788. The molecule has 1 saturated heterocycles. The van der Waals surface area contributed by atoms with E-state index in [-0.39, 0.29) is 0 Å². The molecule has 0 unspecified atom stereocenters. The van der Waals surface area contributed by atoms with E-state index in [1.165, 1.54) is 0 Å². The quantitative estimate of drug-likeness (QED) is 0.528. The van der Waals surface area contributed by atoms with Crippen molar-refractivity contribution in [2.75, 3.05) is 26.2 Å². The number of amides is 1. The third-order valence-electron chi connectivity index (χ3n) is 1.30. The predicted molar refractivity (Wildman–Crippen MR) is 41.9 cm³/mol. The molecule has 1 heterocycles. The van der Waals surface area contributed by atoms with Crippen LogP contribution >= 0.6 is 0 Å². The van der Waals surface area contributed by atoms with Gasteiger partial charge in [0.2, 0.25) is 6.41 Å². The normalized spacial score (nSPS) is 17.2. The van der Waals surface area contributed by atoms with Crippen molar-refractivity contribution in [1.29, 1.82) is 0 Å². The summed E-state index contributed by atoms with van der Waals surface area (Å²) in [7, 11) is 0. The van der Waals surface area contributed by atoms with E-state index in [2.05, 4.69) is 5.32 Å². The summed E-state index contributed by atoms with van der Waals surface area (Å²) in [5.41, 5.74) is 0. The molecular formula is C7H16N2O. The maximum absolute atomic E-state index is 10.1. The van der Waals surface area contributed by atoms with Crippen LogP contribution in [0.4, 0.5) is 0 Å². The monoisotopic (exact) mass is 144 g/mol. The molecule has 0 aromatic heterocycles. The Balaban J connectivity index is 0.000000371. The molecule has 1 aliphatic heterocycles. The van der Waals surface area contributed by atoms with Crippen molar-refractivity contribution in [3.05, 3.63) is 0 Å². The van der Waals surface area contributed by atoms with E-state index in [0.717, 1.165) is 32.6 Å². The molecule has 1 fully saturated rings. The first-order chi connectivity index (χ1) is 4.93. The van der Waals surface area contributed by atoms with Gasteiger partial charge in [0.25, 0.3) is 0 Å². The molecule has 0 bridgehead atoms. The molecule has 0 aromatic carbocycles. The van der Waals surface area contributed by atoms with Crippen LogP contribution in [0.5, 0.6) is 0 Å². The Hall–Kier alpha value is -0.570. The van der Waals surface area contributed by atoms with Gasteiger partial charge < -0.3 is 10.2 Å². The van der Waals surface area contributed by atoms with Gasteiger partial charge in [-0.2, -0.15) is 0 Å². The second-order valence-corrected chi connectivity index (χ2v) is 1.89. The maximum Gasteiger partial charge on any atom is 0.209 e. The molecule has 0 aliphatic carbocycles. The number of hydrogen-bond acceptors (Lipinski definition) is 2. The topological polar surface area (TPSA) is 32.3 Å². The Kier molecular flexibility index (Phi) is 6.18. The van der Waals surface area contributed by atoms with E-state index in [1.807, 2.05) is 13.8 Å². The van der Waals surface area contributed by atoms with Crippen LogP contribution < -0.4 is 5.32 Å². The highest BCUT2D eigenvalue weighted by Crippen LogP contribution is 1.84. The lowest BCUT2D eigenvalue weighted by Gasteiger charge is -2.22. The third kappa shape index (κ3) is 3.45. The molecule has 0 radical (unpaired) electrons. The predicted octanol–water partition coefficient (Wildman–Crippen LogP) is 0.0742. The molecule has 0 spiro atoms. The Morgan fingerprint density at radius 2 is 1.80 bits per heavy atom. The molecule has 60 valence electrons. The summed E-state index contributed by atoms with van der Waals surface area (Å²) in [6.45, 7) is 7.62. The highest BCUT2D eigenvalue weighted by atomic mass is 16.1. The van der Waals surface area contributed by atoms with Gasteiger partial charge >= 0.3 is 0 Å². The van der Waals surface area contributed by atoms with Crippen molar-refractivity contribution in [1.82, 2.24) is 10.2 Å². The molecule has 1 N–H and O–H groups in total. The molecule has 10 heavy (non-hydrogen) atoms. The summed E-state index contributed by atoms with van der Waals surface area (Å²) in [4.78, 5) is 11.8. The fourth-order valence-electron chi connectivity index (χ4n) is 0.788. The lowest BCUT2D eigenvalue weighted by molar-refractivity contribution is -0.118. The largest absolute Gasteiger partial charge is 0.343 e. The van der Waals surface area contributed by atoms with E-state index in [4.69, 9.17) is 0 Å². The molecule has 0 saturated carbocycles. The van der Waals surface area contributed by atoms with Crippen LogP contribution in [0, 0.1) is 0 Å². The van der Waals surface area contributed by atoms with Crippen LogP contribution in [-0.4, -0.2) is 37.5 Å². The van der Waals surface area contributed by atoms with E-state index in [1.54, 1.807) is 4.90 Å². The Labute approximate surface area is 62.4 Å².